The molecule has 3 heterocycles. The van der Waals surface area contributed by atoms with Crippen molar-refractivity contribution in [1.82, 2.24) is 15.1 Å². The number of carbonyl (C=O) groups is 1. The van der Waals surface area contributed by atoms with Crippen molar-refractivity contribution in [2.75, 3.05) is 51.5 Å². The van der Waals surface area contributed by atoms with Crippen LogP contribution in [-0.2, 0) is 9.53 Å². The fraction of sp³-hybridized carbons (Fsp3) is 0.370. The number of anilines is 1. The molecular formula is C27H32N4O4. The van der Waals surface area contributed by atoms with E-state index in [0.717, 1.165) is 28.9 Å². The van der Waals surface area contributed by atoms with Crippen LogP contribution >= 0.6 is 0 Å². The number of benzene rings is 2. The average Bonchev–Trinajstić information content (AvgIpc) is 3.37. The number of hydrogen-bond donors (Lipinski definition) is 1. The van der Waals surface area contributed by atoms with Gasteiger partial charge in [-0.15, -0.1) is 0 Å². The van der Waals surface area contributed by atoms with Gasteiger partial charge in [-0.05, 0) is 62.0 Å². The quantitative estimate of drug-likeness (QED) is 0.559. The molecule has 1 amide bonds. The Bertz CT molecular complexity index is 1190. The van der Waals surface area contributed by atoms with Crippen LogP contribution in [0, 0.1) is 0 Å². The summed E-state index contributed by atoms with van der Waals surface area (Å²) in [7, 11) is 2.11. The maximum absolute atomic E-state index is 12.4. The van der Waals surface area contributed by atoms with Gasteiger partial charge in [0.15, 0.2) is 6.61 Å². The van der Waals surface area contributed by atoms with Crippen molar-refractivity contribution in [3.05, 3.63) is 72.6 Å². The number of nitrogens with zero attached hydrogens (tertiary/aromatic N) is 3. The van der Waals surface area contributed by atoms with Crippen LogP contribution in [0.1, 0.15) is 18.5 Å². The SMILES string of the molecule is C[C@@H](NC1C=CN(c2ccc3occc3c2)CN1C)c1cccc(OCC(=O)N2CCOCC2)c1. The number of carbonyl (C=O) groups excluding carboxylic acids is 1. The van der Waals surface area contributed by atoms with E-state index in [2.05, 4.69) is 59.6 Å². The van der Waals surface area contributed by atoms with Crippen LogP contribution < -0.4 is 15.0 Å². The summed E-state index contributed by atoms with van der Waals surface area (Å²) in [6.45, 7) is 5.37. The molecule has 184 valence electrons. The Kier molecular flexibility index (Phi) is 7.03. The molecule has 0 saturated carbocycles. The molecule has 2 aliphatic heterocycles. The van der Waals surface area contributed by atoms with E-state index in [9.17, 15) is 4.79 Å². The highest BCUT2D eigenvalue weighted by molar-refractivity contribution is 5.81. The maximum atomic E-state index is 12.4. The molecule has 8 heteroatoms. The maximum Gasteiger partial charge on any atom is 0.260 e. The third kappa shape index (κ3) is 5.51. The summed E-state index contributed by atoms with van der Waals surface area (Å²) in [4.78, 5) is 18.6. The second-order valence-electron chi connectivity index (χ2n) is 9.04. The monoisotopic (exact) mass is 476 g/mol. The van der Waals surface area contributed by atoms with Crippen molar-refractivity contribution in [3.63, 3.8) is 0 Å². The Morgan fingerprint density at radius 3 is 2.86 bits per heavy atom. The highest BCUT2D eigenvalue weighted by Gasteiger charge is 2.22. The van der Waals surface area contributed by atoms with E-state index >= 15 is 0 Å². The van der Waals surface area contributed by atoms with Crippen molar-refractivity contribution in [2.24, 2.45) is 0 Å². The topological polar surface area (TPSA) is 70.4 Å². The van der Waals surface area contributed by atoms with Crippen LogP contribution in [0.3, 0.4) is 0 Å². The number of likely N-dealkylation sites (N-methyl/N-ethyl adjacent to an activating group) is 1. The first-order valence-electron chi connectivity index (χ1n) is 12.0. The lowest BCUT2D eigenvalue weighted by atomic mass is 10.1. The molecule has 5 rings (SSSR count). The second kappa shape index (κ2) is 10.5. The van der Waals surface area contributed by atoms with Gasteiger partial charge in [-0.25, -0.2) is 0 Å². The first kappa shape index (κ1) is 23.4. The van der Waals surface area contributed by atoms with Gasteiger partial charge in [0, 0.05) is 36.4 Å². The molecule has 1 aromatic heterocycles. The lowest BCUT2D eigenvalue weighted by Crippen LogP contribution is -2.50. The van der Waals surface area contributed by atoms with Gasteiger partial charge in [0.25, 0.3) is 5.91 Å². The van der Waals surface area contributed by atoms with E-state index in [0.29, 0.717) is 32.1 Å². The van der Waals surface area contributed by atoms with Crippen molar-refractivity contribution in [2.45, 2.75) is 19.1 Å². The van der Waals surface area contributed by atoms with Crippen LogP contribution in [0.25, 0.3) is 11.0 Å². The summed E-state index contributed by atoms with van der Waals surface area (Å²) in [5.74, 6) is 0.696. The fourth-order valence-electron chi connectivity index (χ4n) is 4.47. The van der Waals surface area contributed by atoms with Gasteiger partial charge < -0.3 is 23.7 Å². The third-order valence-electron chi connectivity index (χ3n) is 6.57. The van der Waals surface area contributed by atoms with E-state index < -0.39 is 0 Å². The van der Waals surface area contributed by atoms with Crippen LogP contribution in [0.2, 0.25) is 0 Å². The van der Waals surface area contributed by atoms with Gasteiger partial charge in [-0.3, -0.25) is 15.0 Å². The summed E-state index contributed by atoms with van der Waals surface area (Å²) in [6.07, 6.45) is 6.10. The minimum atomic E-state index is -0.00434. The number of furan rings is 1. The molecule has 1 N–H and O–H groups in total. The Labute approximate surface area is 205 Å². The molecule has 3 aromatic rings. The summed E-state index contributed by atoms with van der Waals surface area (Å²) >= 11 is 0. The van der Waals surface area contributed by atoms with E-state index in [1.807, 2.05) is 30.3 Å². The second-order valence-corrected chi connectivity index (χ2v) is 9.04. The van der Waals surface area contributed by atoms with Crippen LogP contribution in [-0.4, -0.2) is 68.5 Å². The van der Waals surface area contributed by atoms with Crippen molar-refractivity contribution in [3.8, 4) is 5.75 Å². The van der Waals surface area contributed by atoms with Crippen LogP contribution in [0.5, 0.6) is 5.75 Å². The molecule has 8 nitrogen and oxygen atoms in total. The molecule has 0 spiro atoms. The largest absolute Gasteiger partial charge is 0.484 e. The predicted octanol–water partition coefficient (Wildman–Crippen LogP) is 3.57. The normalized spacial score (nSPS) is 19.8. The molecule has 1 fully saturated rings. The lowest BCUT2D eigenvalue weighted by Gasteiger charge is -2.37. The van der Waals surface area contributed by atoms with Crippen molar-refractivity contribution >= 4 is 22.6 Å². The Hall–Kier alpha value is -3.33. The summed E-state index contributed by atoms with van der Waals surface area (Å²) in [5.41, 5.74) is 3.13. The standard InChI is InChI=1S/C27H32N4O4/c1-20(21-4-3-5-24(17-21)35-18-27(32)30-11-14-33-15-12-30)28-26-8-10-31(19-29(26)2)23-6-7-25-22(16-23)9-13-34-25/h3-10,13,16-17,20,26,28H,11-12,14-15,18-19H2,1-2H3/t20-,26?/m1/s1. The first-order valence-corrected chi connectivity index (χ1v) is 12.0. The molecule has 2 atom stereocenters. The highest BCUT2D eigenvalue weighted by Crippen LogP contribution is 2.26. The van der Waals surface area contributed by atoms with E-state index in [1.54, 1.807) is 11.2 Å². The molecule has 0 radical (unpaired) electrons. The number of hydrogen-bond acceptors (Lipinski definition) is 7. The minimum Gasteiger partial charge on any atom is -0.484 e. The van der Waals surface area contributed by atoms with Gasteiger partial charge in [-0.2, -0.15) is 0 Å². The molecule has 0 aliphatic carbocycles. The first-order chi connectivity index (χ1) is 17.1. The van der Waals surface area contributed by atoms with Crippen LogP contribution in [0.4, 0.5) is 5.69 Å². The zero-order valence-corrected chi connectivity index (χ0v) is 20.2. The zero-order valence-electron chi connectivity index (χ0n) is 20.2. The van der Waals surface area contributed by atoms with Gasteiger partial charge in [0.05, 0.1) is 32.3 Å². The molecule has 2 aromatic carbocycles. The molecule has 2 aliphatic rings. The van der Waals surface area contributed by atoms with E-state index in [1.165, 1.54) is 0 Å². The van der Waals surface area contributed by atoms with Crippen LogP contribution in [0.15, 0.2) is 71.5 Å². The number of rotatable bonds is 7. The number of fused-ring (bicyclic) bond motifs is 1. The average molecular weight is 477 g/mol. The van der Waals surface area contributed by atoms with Gasteiger partial charge >= 0.3 is 0 Å². The van der Waals surface area contributed by atoms with Gasteiger partial charge in [0.1, 0.15) is 11.3 Å². The Morgan fingerprint density at radius 1 is 1.17 bits per heavy atom. The highest BCUT2D eigenvalue weighted by atomic mass is 16.5. The van der Waals surface area contributed by atoms with Gasteiger partial charge in [-0.1, -0.05) is 12.1 Å². The number of amides is 1. The number of nitrogens with one attached hydrogen (secondary N) is 1. The Balaban J connectivity index is 1.18. The minimum absolute atomic E-state index is 0.00434. The van der Waals surface area contributed by atoms with E-state index in [-0.39, 0.29) is 24.7 Å². The van der Waals surface area contributed by atoms with Crippen molar-refractivity contribution < 1.29 is 18.7 Å². The molecule has 1 saturated heterocycles. The third-order valence-corrected chi connectivity index (χ3v) is 6.57. The fourth-order valence-corrected chi connectivity index (χ4v) is 4.47. The molecule has 0 bridgehead atoms. The lowest BCUT2D eigenvalue weighted by molar-refractivity contribution is -0.137. The summed E-state index contributed by atoms with van der Waals surface area (Å²) in [5, 5.41) is 4.78. The number of ether oxygens (including phenoxy) is 2. The zero-order chi connectivity index (χ0) is 24.2. The summed E-state index contributed by atoms with van der Waals surface area (Å²) in [6, 6.07) is 16.3. The Morgan fingerprint density at radius 2 is 2.03 bits per heavy atom. The molecule has 1 unspecified atom stereocenters. The summed E-state index contributed by atoms with van der Waals surface area (Å²) < 4.78 is 16.6. The molecule has 35 heavy (non-hydrogen) atoms. The predicted molar refractivity (Wildman–Crippen MR) is 135 cm³/mol. The van der Waals surface area contributed by atoms with E-state index in [4.69, 9.17) is 13.9 Å². The van der Waals surface area contributed by atoms with Gasteiger partial charge in [0.2, 0.25) is 0 Å². The molecular weight excluding hydrogens is 444 g/mol. The number of morpholine rings is 1. The smallest absolute Gasteiger partial charge is 0.260 e. The van der Waals surface area contributed by atoms with Crippen molar-refractivity contribution in [1.29, 1.82) is 0 Å².